The molecule has 2 aromatic carbocycles. The van der Waals surface area contributed by atoms with Crippen molar-refractivity contribution in [1.82, 2.24) is 20.1 Å². The predicted molar refractivity (Wildman–Crippen MR) is 130 cm³/mol. The van der Waals surface area contributed by atoms with Crippen molar-refractivity contribution < 1.29 is 18.0 Å². The molecule has 0 bridgehead atoms. The van der Waals surface area contributed by atoms with Crippen LogP contribution < -0.4 is 16.6 Å². The number of carbonyl (C=O) groups is 1. The topological polar surface area (TPSA) is 106 Å². The van der Waals surface area contributed by atoms with Crippen molar-refractivity contribution in [2.75, 3.05) is 5.73 Å². The van der Waals surface area contributed by atoms with Crippen molar-refractivity contribution in [3.05, 3.63) is 81.0 Å². The lowest BCUT2D eigenvalue weighted by Crippen LogP contribution is -2.37. The summed E-state index contributed by atoms with van der Waals surface area (Å²) in [5.41, 5.74) is 8.97. The van der Waals surface area contributed by atoms with E-state index in [1.165, 1.54) is 16.7 Å². The number of benzene rings is 2. The van der Waals surface area contributed by atoms with Crippen LogP contribution >= 0.6 is 0 Å². The van der Waals surface area contributed by atoms with Gasteiger partial charge in [-0.05, 0) is 37.1 Å². The number of aromatic nitrogens is 3. The number of alkyl halides is 2. The average Bonchev–Trinajstić information content (AvgIpc) is 3.22. The molecule has 0 atom stereocenters. The molecule has 0 saturated heterocycles. The number of nitrogens with zero attached hydrogens (tertiary/aromatic N) is 2. The fourth-order valence-electron chi connectivity index (χ4n) is 4.68. The first-order valence-electron chi connectivity index (χ1n) is 11.4. The fraction of sp³-hybridized carbons (Fsp3) is 0.269. The number of halogens is 3. The van der Waals surface area contributed by atoms with E-state index in [-0.39, 0.29) is 34.7 Å². The Morgan fingerprint density at radius 1 is 1.22 bits per heavy atom. The lowest BCUT2D eigenvalue weighted by molar-refractivity contribution is -0.103. The summed E-state index contributed by atoms with van der Waals surface area (Å²) in [4.78, 5) is 25.1. The Bertz CT molecular complexity index is 1570. The van der Waals surface area contributed by atoms with Crippen LogP contribution in [0.1, 0.15) is 45.9 Å². The molecule has 5 rings (SSSR count). The van der Waals surface area contributed by atoms with Crippen LogP contribution in [-0.2, 0) is 6.54 Å². The molecule has 4 N–H and O–H groups in total. The second-order valence-corrected chi connectivity index (χ2v) is 9.34. The van der Waals surface area contributed by atoms with E-state index in [1.54, 1.807) is 18.3 Å². The smallest absolute Gasteiger partial charge is 0.288 e. The zero-order valence-electron chi connectivity index (χ0n) is 19.7. The van der Waals surface area contributed by atoms with Gasteiger partial charge in [0.1, 0.15) is 11.3 Å². The van der Waals surface area contributed by atoms with Gasteiger partial charge in [0.15, 0.2) is 5.82 Å². The van der Waals surface area contributed by atoms with E-state index in [1.807, 2.05) is 26.0 Å². The zero-order chi connectivity index (χ0) is 25.8. The predicted octanol–water partition coefficient (Wildman–Crippen LogP) is 4.63. The number of H-pyrrole nitrogens is 1. The minimum Gasteiger partial charge on any atom is -0.382 e. The molecule has 186 valence electrons. The molecule has 1 aliphatic carbocycles. The van der Waals surface area contributed by atoms with E-state index in [0.29, 0.717) is 16.7 Å². The number of hydrogen-bond acceptors (Lipinski definition) is 4. The monoisotopic (exact) mass is 495 g/mol. The van der Waals surface area contributed by atoms with Crippen LogP contribution in [-0.4, -0.2) is 26.6 Å². The first-order chi connectivity index (χ1) is 17.0. The Labute approximate surface area is 204 Å². The molecule has 1 fully saturated rings. The average molecular weight is 496 g/mol. The van der Waals surface area contributed by atoms with Crippen LogP contribution in [0.25, 0.3) is 22.0 Å². The Morgan fingerprint density at radius 2 is 1.97 bits per heavy atom. The number of nitrogens with one attached hydrogen (secondary N) is 2. The summed E-state index contributed by atoms with van der Waals surface area (Å²) >= 11 is 0. The number of anilines is 1. The van der Waals surface area contributed by atoms with Gasteiger partial charge in [0.05, 0.1) is 5.39 Å². The Morgan fingerprint density at radius 3 is 2.67 bits per heavy atom. The van der Waals surface area contributed by atoms with Gasteiger partial charge in [-0.15, -0.1) is 0 Å². The SMILES string of the molecule is Cc1ccc(C)c(C(=O)NCc2ccc(-c3cn(C4CC(F)(F)C4)c4c(=O)[nH]nc(N)c34)cc2F)c1. The van der Waals surface area contributed by atoms with Crippen molar-refractivity contribution >= 4 is 22.6 Å². The molecule has 4 aromatic rings. The molecular weight excluding hydrogens is 471 g/mol. The summed E-state index contributed by atoms with van der Waals surface area (Å²) in [5, 5.41) is 9.12. The lowest BCUT2D eigenvalue weighted by Gasteiger charge is -2.36. The van der Waals surface area contributed by atoms with Gasteiger partial charge in [0.2, 0.25) is 0 Å². The van der Waals surface area contributed by atoms with Gasteiger partial charge in [-0.25, -0.2) is 18.3 Å². The summed E-state index contributed by atoms with van der Waals surface area (Å²) in [6.07, 6.45) is 0.755. The molecule has 0 spiro atoms. The molecule has 1 amide bonds. The highest BCUT2D eigenvalue weighted by molar-refractivity contribution is 6.02. The Hall–Kier alpha value is -4.08. The number of hydrogen-bond donors (Lipinski definition) is 3. The van der Waals surface area contributed by atoms with Gasteiger partial charge in [-0.2, -0.15) is 5.10 Å². The van der Waals surface area contributed by atoms with Crippen molar-refractivity contribution in [1.29, 1.82) is 0 Å². The van der Waals surface area contributed by atoms with Crippen molar-refractivity contribution in [2.24, 2.45) is 0 Å². The molecule has 10 heteroatoms. The lowest BCUT2D eigenvalue weighted by atomic mass is 9.88. The first kappa shape index (κ1) is 23.7. The second-order valence-electron chi connectivity index (χ2n) is 9.34. The third kappa shape index (κ3) is 4.12. The first-order valence-corrected chi connectivity index (χ1v) is 11.4. The van der Waals surface area contributed by atoms with E-state index >= 15 is 4.39 Å². The normalized spacial score (nSPS) is 15.1. The third-order valence-electron chi connectivity index (χ3n) is 6.68. The maximum atomic E-state index is 15.1. The molecule has 36 heavy (non-hydrogen) atoms. The molecule has 0 radical (unpaired) electrons. The fourth-order valence-corrected chi connectivity index (χ4v) is 4.68. The minimum atomic E-state index is -2.79. The maximum Gasteiger partial charge on any atom is 0.288 e. The number of nitrogen functional groups attached to an aromatic ring is 1. The van der Waals surface area contributed by atoms with Crippen LogP contribution in [0.2, 0.25) is 0 Å². The molecule has 2 aromatic heterocycles. The van der Waals surface area contributed by atoms with Gasteiger partial charge in [-0.3, -0.25) is 9.59 Å². The number of nitrogens with two attached hydrogens (primary N) is 1. The number of rotatable bonds is 5. The third-order valence-corrected chi connectivity index (χ3v) is 6.68. The summed E-state index contributed by atoms with van der Waals surface area (Å²) in [7, 11) is 0. The molecule has 2 heterocycles. The van der Waals surface area contributed by atoms with Gasteiger partial charge in [0.25, 0.3) is 17.4 Å². The zero-order valence-corrected chi connectivity index (χ0v) is 19.7. The molecule has 1 aliphatic rings. The maximum absolute atomic E-state index is 15.1. The van der Waals surface area contributed by atoms with Crippen LogP contribution in [0.5, 0.6) is 0 Å². The van der Waals surface area contributed by atoms with Gasteiger partial charge < -0.3 is 15.6 Å². The van der Waals surface area contributed by atoms with Crippen molar-refractivity contribution in [2.45, 2.75) is 45.2 Å². The number of fused-ring (bicyclic) bond motifs is 1. The van der Waals surface area contributed by atoms with E-state index in [9.17, 15) is 18.4 Å². The van der Waals surface area contributed by atoms with E-state index in [0.717, 1.165) is 11.1 Å². The number of carbonyl (C=O) groups excluding carboxylic acids is 1. The molecular formula is C26H24F3N5O2. The van der Waals surface area contributed by atoms with Crippen molar-refractivity contribution in [3.63, 3.8) is 0 Å². The highest BCUT2D eigenvalue weighted by Gasteiger charge is 2.47. The van der Waals surface area contributed by atoms with Gasteiger partial charge in [0, 0.05) is 48.3 Å². The number of amides is 1. The molecule has 7 nitrogen and oxygen atoms in total. The van der Waals surface area contributed by atoms with Crippen LogP contribution in [0.15, 0.2) is 47.4 Å². The minimum absolute atomic E-state index is 0.00899. The largest absolute Gasteiger partial charge is 0.382 e. The van der Waals surface area contributed by atoms with E-state index < -0.39 is 36.2 Å². The van der Waals surface area contributed by atoms with E-state index in [2.05, 4.69) is 15.5 Å². The van der Waals surface area contributed by atoms with Gasteiger partial charge in [-0.1, -0.05) is 29.8 Å². The van der Waals surface area contributed by atoms with Crippen molar-refractivity contribution in [3.8, 4) is 11.1 Å². The van der Waals surface area contributed by atoms with Crippen LogP contribution in [0, 0.1) is 19.7 Å². The van der Waals surface area contributed by atoms with Crippen LogP contribution in [0.4, 0.5) is 19.0 Å². The molecule has 0 aliphatic heterocycles. The summed E-state index contributed by atoms with van der Waals surface area (Å²) in [5.74, 6) is -3.66. The standard InChI is InChI=1S/C26H24F3N5O2/c1-13-3-4-14(2)18(7-13)24(35)31-11-16-6-5-15(8-20(16)27)19-12-34(17-9-26(28,29)10-17)22-21(19)23(30)32-33-25(22)36/h3-8,12,17H,9-11H2,1-2H3,(H2,30,32)(H,31,35)(H,33,36). The summed E-state index contributed by atoms with van der Waals surface area (Å²) in [6.45, 7) is 3.69. The number of aryl methyl sites for hydroxylation is 2. The molecule has 0 unspecified atom stereocenters. The summed E-state index contributed by atoms with van der Waals surface area (Å²) < 4.78 is 43.7. The number of aromatic amines is 1. The second kappa shape index (κ2) is 8.54. The molecule has 1 saturated carbocycles. The van der Waals surface area contributed by atoms with E-state index in [4.69, 9.17) is 5.73 Å². The Balaban J connectivity index is 1.45. The van der Waals surface area contributed by atoms with Crippen LogP contribution in [0.3, 0.4) is 0 Å². The Kier molecular flexibility index (Phi) is 5.61. The quantitative estimate of drug-likeness (QED) is 0.375. The highest BCUT2D eigenvalue weighted by atomic mass is 19.3. The summed E-state index contributed by atoms with van der Waals surface area (Å²) in [6, 6.07) is 9.40. The van der Waals surface area contributed by atoms with Gasteiger partial charge >= 0.3 is 0 Å². The highest BCUT2D eigenvalue weighted by Crippen LogP contribution is 2.47.